The van der Waals surface area contributed by atoms with Gasteiger partial charge in [0, 0.05) is 12.1 Å². The molecule has 0 fully saturated rings. The molecule has 0 radical (unpaired) electrons. The van der Waals surface area contributed by atoms with E-state index in [1.54, 1.807) is 12.1 Å². The molecular weight excluding hydrogens is 447 g/mol. The minimum atomic E-state index is -4.06. The molecule has 9 heteroatoms. The highest BCUT2D eigenvalue weighted by molar-refractivity contribution is 7.89. The molecule has 0 aliphatic carbocycles. The average molecular weight is 471 g/mol. The van der Waals surface area contributed by atoms with Crippen LogP contribution in [0.4, 0.5) is 4.39 Å². The summed E-state index contributed by atoms with van der Waals surface area (Å²) >= 11 is 0. The molecule has 0 aromatic heterocycles. The molecule has 0 saturated carbocycles. The summed E-state index contributed by atoms with van der Waals surface area (Å²) in [5, 5.41) is 12.0. The molecule has 0 aliphatic heterocycles. The van der Waals surface area contributed by atoms with Crippen molar-refractivity contribution in [2.24, 2.45) is 0 Å². The maximum atomic E-state index is 12.9. The molecular formula is C24H23FN2O5S. The zero-order valence-corrected chi connectivity index (χ0v) is 18.4. The van der Waals surface area contributed by atoms with Crippen molar-refractivity contribution < 1.29 is 27.5 Å². The number of sulfonamides is 1. The topological polar surface area (TPSA) is 113 Å². The van der Waals surface area contributed by atoms with Crippen molar-refractivity contribution in [2.45, 2.75) is 23.8 Å². The van der Waals surface area contributed by atoms with Gasteiger partial charge in [-0.2, -0.15) is 4.72 Å². The van der Waals surface area contributed by atoms with Gasteiger partial charge in [0.15, 0.2) is 0 Å². The summed E-state index contributed by atoms with van der Waals surface area (Å²) in [7, 11) is -4.06. The predicted octanol–water partition coefficient (Wildman–Crippen LogP) is 3.43. The fourth-order valence-electron chi connectivity index (χ4n) is 3.16. The molecule has 1 amide bonds. The Hall–Kier alpha value is -3.56. The molecule has 3 aromatic carbocycles. The smallest absolute Gasteiger partial charge is 0.321 e. The Kier molecular flexibility index (Phi) is 7.92. The van der Waals surface area contributed by atoms with Gasteiger partial charge in [-0.05, 0) is 60.4 Å². The van der Waals surface area contributed by atoms with Crippen LogP contribution in [0.3, 0.4) is 0 Å². The van der Waals surface area contributed by atoms with E-state index in [-0.39, 0.29) is 29.8 Å². The second-order valence-corrected chi connectivity index (χ2v) is 9.02. The maximum absolute atomic E-state index is 12.9. The quantitative estimate of drug-likeness (QED) is 0.393. The van der Waals surface area contributed by atoms with E-state index in [0.717, 1.165) is 23.3 Å². The fourth-order valence-corrected chi connectivity index (χ4v) is 4.38. The Bertz CT molecular complexity index is 1200. The van der Waals surface area contributed by atoms with E-state index < -0.39 is 33.8 Å². The highest BCUT2D eigenvalue weighted by atomic mass is 32.2. The van der Waals surface area contributed by atoms with E-state index in [4.69, 9.17) is 0 Å². The van der Waals surface area contributed by atoms with Gasteiger partial charge in [-0.1, -0.05) is 42.5 Å². The number of nitrogens with one attached hydrogen (secondary N) is 2. The third-order valence-electron chi connectivity index (χ3n) is 4.93. The molecule has 0 heterocycles. The fraction of sp³-hybridized carbons (Fsp3) is 0.167. The number of carboxylic acids is 1. The zero-order chi connectivity index (χ0) is 23.8. The first-order valence-electron chi connectivity index (χ1n) is 10.2. The van der Waals surface area contributed by atoms with Crippen LogP contribution in [0.15, 0.2) is 83.8 Å². The van der Waals surface area contributed by atoms with Crippen molar-refractivity contribution in [1.29, 1.82) is 0 Å². The number of benzene rings is 3. The van der Waals surface area contributed by atoms with E-state index in [1.165, 1.54) is 24.3 Å². The number of halogens is 1. The summed E-state index contributed by atoms with van der Waals surface area (Å²) in [6.07, 6.45) is 0.194. The SMILES string of the molecule is O=C(NCCCC(NS(=O)(=O)c1ccc(-c2ccccc2)cc1)C(=O)O)c1ccc(F)cc1. The van der Waals surface area contributed by atoms with Crippen molar-refractivity contribution in [3.8, 4) is 11.1 Å². The van der Waals surface area contributed by atoms with Crippen molar-refractivity contribution in [3.05, 3.63) is 90.2 Å². The summed E-state index contributed by atoms with van der Waals surface area (Å²) in [6.45, 7) is 0.132. The van der Waals surface area contributed by atoms with Crippen LogP contribution in [0.2, 0.25) is 0 Å². The summed E-state index contributed by atoms with van der Waals surface area (Å²) in [5.74, 6) is -2.21. The van der Waals surface area contributed by atoms with Crippen molar-refractivity contribution in [1.82, 2.24) is 10.0 Å². The standard InChI is InChI=1S/C24H23FN2O5S/c25-20-12-8-19(9-13-20)23(28)26-16-4-7-22(24(29)30)27-33(31,32)21-14-10-18(11-15-21)17-5-2-1-3-6-17/h1-3,5-6,8-15,22,27H,4,7,16H2,(H,26,28)(H,29,30). The van der Waals surface area contributed by atoms with Crippen molar-refractivity contribution in [3.63, 3.8) is 0 Å². The third kappa shape index (κ3) is 6.71. The summed E-state index contributed by atoms with van der Waals surface area (Å²) in [6, 6.07) is 19.2. The van der Waals surface area contributed by atoms with E-state index in [2.05, 4.69) is 10.0 Å². The molecule has 3 N–H and O–H groups in total. The van der Waals surface area contributed by atoms with Crippen LogP contribution in [0, 0.1) is 5.82 Å². The number of rotatable bonds is 10. The van der Waals surface area contributed by atoms with E-state index in [0.29, 0.717) is 0 Å². The number of carboxylic acid groups (broad SMARTS) is 1. The van der Waals surface area contributed by atoms with E-state index in [1.807, 2.05) is 30.3 Å². The van der Waals surface area contributed by atoms with Gasteiger partial charge in [0.05, 0.1) is 4.90 Å². The lowest BCUT2D eigenvalue weighted by molar-refractivity contribution is -0.139. The molecule has 33 heavy (non-hydrogen) atoms. The lowest BCUT2D eigenvalue weighted by atomic mass is 10.1. The van der Waals surface area contributed by atoms with E-state index in [9.17, 15) is 27.5 Å². The molecule has 172 valence electrons. The largest absolute Gasteiger partial charge is 0.480 e. The highest BCUT2D eigenvalue weighted by Gasteiger charge is 2.25. The predicted molar refractivity (Wildman–Crippen MR) is 122 cm³/mol. The second-order valence-electron chi connectivity index (χ2n) is 7.31. The molecule has 0 aliphatic rings. The van der Waals surface area contributed by atoms with Crippen LogP contribution in [-0.2, 0) is 14.8 Å². The van der Waals surface area contributed by atoms with Gasteiger partial charge in [-0.3, -0.25) is 9.59 Å². The van der Waals surface area contributed by atoms with Gasteiger partial charge >= 0.3 is 5.97 Å². The highest BCUT2D eigenvalue weighted by Crippen LogP contribution is 2.21. The first kappa shape index (κ1) is 24.1. The summed E-state index contributed by atoms with van der Waals surface area (Å²) < 4.78 is 40.5. The Morgan fingerprint density at radius 1 is 0.879 bits per heavy atom. The molecule has 7 nitrogen and oxygen atoms in total. The number of carbonyl (C=O) groups is 2. The Balaban J connectivity index is 1.56. The number of amides is 1. The summed E-state index contributed by atoms with van der Waals surface area (Å²) in [4.78, 5) is 23.6. The minimum absolute atomic E-state index is 0.0274. The molecule has 0 saturated heterocycles. The van der Waals surface area contributed by atoms with Crippen molar-refractivity contribution in [2.75, 3.05) is 6.54 Å². The van der Waals surface area contributed by atoms with Gasteiger partial charge in [0.2, 0.25) is 10.0 Å². The van der Waals surface area contributed by atoms with Crippen LogP contribution in [0.1, 0.15) is 23.2 Å². The van der Waals surface area contributed by atoms with Gasteiger partial charge in [-0.25, -0.2) is 12.8 Å². The van der Waals surface area contributed by atoms with Crippen LogP contribution in [-0.4, -0.2) is 38.0 Å². The van der Waals surface area contributed by atoms with Gasteiger partial charge < -0.3 is 10.4 Å². The Labute approximate surface area is 191 Å². The third-order valence-corrected chi connectivity index (χ3v) is 6.42. The van der Waals surface area contributed by atoms with Crippen molar-refractivity contribution >= 4 is 21.9 Å². The van der Waals surface area contributed by atoms with Gasteiger partial charge in [-0.15, -0.1) is 0 Å². The summed E-state index contributed by atoms with van der Waals surface area (Å²) in [5.41, 5.74) is 2.03. The Morgan fingerprint density at radius 2 is 1.48 bits per heavy atom. The molecule has 0 spiro atoms. The lowest BCUT2D eigenvalue weighted by Gasteiger charge is -2.15. The maximum Gasteiger partial charge on any atom is 0.321 e. The van der Waals surface area contributed by atoms with Crippen LogP contribution in [0.25, 0.3) is 11.1 Å². The van der Waals surface area contributed by atoms with Gasteiger partial charge in [0.1, 0.15) is 11.9 Å². The van der Waals surface area contributed by atoms with Crippen LogP contribution >= 0.6 is 0 Å². The second kappa shape index (κ2) is 10.8. The van der Waals surface area contributed by atoms with Gasteiger partial charge in [0.25, 0.3) is 5.91 Å². The monoisotopic (exact) mass is 470 g/mol. The number of carbonyl (C=O) groups excluding carboxylic acids is 1. The molecule has 3 rings (SSSR count). The number of hydrogen-bond donors (Lipinski definition) is 3. The molecule has 1 atom stereocenters. The Morgan fingerprint density at radius 3 is 2.09 bits per heavy atom. The normalized spacial score (nSPS) is 12.2. The average Bonchev–Trinajstić information content (AvgIpc) is 2.82. The number of aliphatic carboxylic acids is 1. The number of hydrogen-bond acceptors (Lipinski definition) is 4. The lowest BCUT2D eigenvalue weighted by Crippen LogP contribution is -2.41. The zero-order valence-electron chi connectivity index (χ0n) is 17.6. The van der Waals surface area contributed by atoms with Crippen LogP contribution < -0.4 is 10.0 Å². The van der Waals surface area contributed by atoms with E-state index >= 15 is 0 Å². The van der Waals surface area contributed by atoms with Crippen LogP contribution in [0.5, 0.6) is 0 Å². The first-order valence-corrected chi connectivity index (χ1v) is 11.7. The minimum Gasteiger partial charge on any atom is -0.480 e. The molecule has 0 bridgehead atoms. The molecule has 3 aromatic rings. The first-order chi connectivity index (χ1) is 15.8. The molecule has 1 unspecified atom stereocenters.